The van der Waals surface area contributed by atoms with Crippen molar-refractivity contribution < 1.29 is 0 Å². The quantitative estimate of drug-likeness (QED) is 0.575. The summed E-state index contributed by atoms with van der Waals surface area (Å²) in [6.07, 6.45) is 7.56. The van der Waals surface area contributed by atoms with Crippen LogP contribution in [0.2, 0.25) is 0 Å². The maximum atomic E-state index is 2.42. The van der Waals surface area contributed by atoms with Gasteiger partial charge in [-0.2, -0.15) is 0 Å². The molecule has 1 aromatic rings. The van der Waals surface area contributed by atoms with Crippen LogP contribution >= 0.6 is 0 Å². The van der Waals surface area contributed by atoms with Gasteiger partial charge in [-0.15, -0.1) is 0 Å². The molecule has 1 saturated carbocycles. The molecule has 3 rings (SSSR count). The fourth-order valence-electron chi connectivity index (χ4n) is 2.90. The van der Waals surface area contributed by atoms with Crippen LogP contribution in [0.25, 0.3) is 6.08 Å². The van der Waals surface area contributed by atoms with Gasteiger partial charge in [0.2, 0.25) is 0 Å². The highest BCUT2D eigenvalue weighted by molar-refractivity contribution is 5.64. The highest BCUT2D eigenvalue weighted by Gasteiger charge is 2.34. The Morgan fingerprint density at radius 2 is 1.86 bits per heavy atom. The van der Waals surface area contributed by atoms with Gasteiger partial charge in [-0.05, 0) is 60.8 Å². The molecule has 0 spiro atoms. The van der Waals surface area contributed by atoms with Crippen LogP contribution in [0.3, 0.4) is 0 Å². The number of hydrogen-bond acceptors (Lipinski definition) is 0. The number of benzene rings is 1. The van der Waals surface area contributed by atoms with Gasteiger partial charge in [-0.1, -0.05) is 24.3 Å². The van der Waals surface area contributed by atoms with Gasteiger partial charge in [-0.25, -0.2) is 0 Å². The monoisotopic (exact) mass is 184 g/mol. The fourth-order valence-corrected chi connectivity index (χ4v) is 2.90. The van der Waals surface area contributed by atoms with Gasteiger partial charge >= 0.3 is 0 Å². The molecular formula is C14H16. The molecule has 2 unspecified atom stereocenters. The summed E-state index contributed by atoms with van der Waals surface area (Å²) in [5, 5.41) is 0. The Balaban J connectivity index is 2.24. The Morgan fingerprint density at radius 3 is 2.57 bits per heavy atom. The molecule has 0 heteroatoms. The van der Waals surface area contributed by atoms with Crippen molar-refractivity contribution in [3.63, 3.8) is 0 Å². The van der Waals surface area contributed by atoms with Crippen LogP contribution in [-0.4, -0.2) is 0 Å². The highest BCUT2D eigenvalue weighted by atomic mass is 14.4. The summed E-state index contributed by atoms with van der Waals surface area (Å²) < 4.78 is 0. The van der Waals surface area contributed by atoms with Gasteiger partial charge in [0.15, 0.2) is 0 Å². The Hall–Kier alpha value is -1.04. The average Bonchev–Trinajstić information content (AvgIpc) is 2.13. The lowest BCUT2D eigenvalue weighted by molar-refractivity contribution is 0.312. The minimum Gasteiger partial charge on any atom is -0.0802 e. The maximum absolute atomic E-state index is 2.42. The molecule has 0 aromatic heterocycles. The Morgan fingerprint density at radius 1 is 1.07 bits per heavy atom. The van der Waals surface area contributed by atoms with Crippen molar-refractivity contribution in [2.45, 2.75) is 32.6 Å². The Labute approximate surface area is 85.6 Å². The largest absolute Gasteiger partial charge is 0.0802 e. The molecule has 2 aliphatic carbocycles. The first-order valence-electron chi connectivity index (χ1n) is 5.55. The van der Waals surface area contributed by atoms with E-state index in [9.17, 15) is 0 Å². The summed E-state index contributed by atoms with van der Waals surface area (Å²) >= 11 is 0. The second-order valence-electron chi connectivity index (χ2n) is 4.73. The van der Waals surface area contributed by atoms with Crippen molar-refractivity contribution in [2.24, 2.45) is 5.92 Å². The molecule has 0 aliphatic heterocycles. The summed E-state index contributed by atoms with van der Waals surface area (Å²) in [6.45, 7) is 4.48. The minimum absolute atomic E-state index is 0.842. The van der Waals surface area contributed by atoms with E-state index in [4.69, 9.17) is 0 Å². The van der Waals surface area contributed by atoms with E-state index in [0.29, 0.717) is 0 Å². The summed E-state index contributed by atoms with van der Waals surface area (Å²) in [7, 11) is 0. The van der Waals surface area contributed by atoms with E-state index in [-0.39, 0.29) is 0 Å². The Bertz CT molecular complexity index is 412. The van der Waals surface area contributed by atoms with Crippen molar-refractivity contribution in [1.82, 2.24) is 0 Å². The topological polar surface area (TPSA) is 0 Å². The van der Waals surface area contributed by atoms with E-state index in [1.165, 1.54) is 29.5 Å². The molecule has 1 fully saturated rings. The van der Waals surface area contributed by atoms with Crippen molar-refractivity contribution in [1.29, 1.82) is 0 Å². The predicted molar refractivity (Wildman–Crippen MR) is 60.4 cm³/mol. The number of rotatable bonds is 0. The van der Waals surface area contributed by atoms with Gasteiger partial charge in [0.05, 0.1) is 0 Å². The molecule has 0 bridgehead atoms. The first-order chi connectivity index (χ1) is 6.77. The van der Waals surface area contributed by atoms with Gasteiger partial charge in [-0.3, -0.25) is 0 Å². The summed E-state index contributed by atoms with van der Waals surface area (Å²) in [6, 6.07) is 4.53. The molecule has 0 radical (unpaired) electrons. The third kappa shape index (κ3) is 0.943. The second kappa shape index (κ2) is 2.73. The maximum Gasteiger partial charge on any atom is -0.00900 e. The molecule has 0 N–H and O–H groups in total. The first-order valence-corrected chi connectivity index (χ1v) is 5.55. The molecule has 2 aliphatic rings. The van der Waals surface area contributed by atoms with E-state index in [0.717, 1.165) is 11.8 Å². The average molecular weight is 184 g/mol. The summed E-state index contributed by atoms with van der Waals surface area (Å²) in [5.74, 6) is 1.69. The van der Waals surface area contributed by atoms with E-state index in [1.54, 1.807) is 5.56 Å². The fraction of sp³-hybridized carbons (Fsp3) is 0.429. The van der Waals surface area contributed by atoms with Crippen LogP contribution in [0.15, 0.2) is 18.2 Å². The smallest absolute Gasteiger partial charge is 0.00900 e. The lowest BCUT2D eigenvalue weighted by atomic mass is 9.65. The first kappa shape index (κ1) is 8.28. The molecule has 14 heavy (non-hydrogen) atoms. The lowest BCUT2D eigenvalue weighted by Crippen LogP contribution is -2.26. The zero-order chi connectivity index (χ0) is 9.71. The zero-order valence-electron chi connectivity index (χ0n) is 8.88. The number of fused-ring (bicyclic) bond motifs is 3. The standard InChI is InChI=1S/C14H16/c1-9-3-4-10(2)14-12(9)7-5-11-6-8-13(11)14/h3-5,7,11,13H,6,8H2,1-2H3. The van der Waals surface area contributed by atoms with Crippen molar-refractivity contribution >= 4 is 6.08 Å². The molecule has 0 amide bonds. The molecule has 1 aromatic carbocycles. The van der Waals surface area contributed by atoms with Crippen LogP contribution < -0.4 is 0 Å². The number of hydrogen-bond donors (Lipinski definition) is 0. The molecular weight excluding hydrogens is 168 g/mol. The molecule has 72 valence electrons. The molecule has 0 nitrogen and oxygen atoms in total. The number of aryl methyl sites for hydroxylation is 2. The highest BCUT2D eigenvalue weighted by Crippen LogP contribution is 2.49. The van der Waals surface area contributed by atoms with Crippen LogP contribution in [0.5, 0.6) is 0 Å². The van der Waals surface area contributed by atoms with Crippen molar-refractivity contribution in [3.05, 3.63) is 40.5 Å². The molecule has 0 heterocycles. The van der Waals surface area contributed by atoms with E-state index >= 15 is 0 Å². The van der Waals surface area contributed by atoms with Gasteiger partial charge in [0.1, 0.15) is 0 Å². The van der Waals surface area contributed by atoms with E-state index in [2.05, 4.69) is 38.1 Å². The SMILES string of the molecule is Cc1ccc(C)c2c1C=CC1CCC21. The normalized spacial score (nSPS) is 27.9. The molecule has 0 saturated heterocycles. The van der Waals surface area contributed by atoms with Crippen molar-refractivity contribution in [2.75, 3.05) is 0 Å². The minimum atomic E-state index is 0.842. The Kier molecular flexibility index (Phi) is 1.61. The van der Waals surface area contributed by atoms with Crippen molar-refractivity contribution in [3.8, 4) is 0 Å². The van der Waals surface area contributed by atoms with E-state index in [1.807, 2.05) is 0 Å². The zero-order valence-corrected chi connectivity index (χ0v) is 8.88. The van der Waals surface area contributed by atoms with Gasteiger partial charge in [0.25, 0.3) is 0 Å². The van der Waals surface area contributed by atoms with Gasteiger partial charge in [0, 0.05) is 0 Å². The number of allylic oxidation sites excluding steroid dienone is 1. The second-order valence-corrected chi connectivity index (χ2v) is 4.73. The summed E-state index contributed by atoms with van der Waals surface area (Å²) in [5.41, 5.74) is 6.08. The van der Waals surface area contributed by atoms with Crippen LogP contribution in [0.1, 0.15) is 41.0 Å². The van der Waals surface area contributed by atoms with Crippen LogP contribution in [-0.2, 0) is 0 Å². The predicted octanol–water partition coefficient (Wildman–Crippen LogP) is 3.82. The van der Waals surface area contributed by atoms with Gasteiger partial charge < -0.3 is 0 Å². The summed E-state index contributed by atoms with van der Waals surface area (Å²) in [4.78, 5) is 0. The third-order valence-corrected chi connectivity index (χ3v) is 3.93. The lowest BCUT2D eigenvalue weighted by Gasteiger charge is -2.40. The third-order valence-electron chi connectivity index (χ3n) is 3.93. The van der Waals surface area contributed by atoms with Crippen LogP contribution in [0.4, 0.5) is 0 Å². The molecule has 2 atom stereocenters. The van der Waals surface area contributed by atoms with Crippen LogP contribution in [0, 0.1) is 19.8 Å². The van der Waals surface area contributed by atoms with E-state index < -0.39 is 0 Å².